The second-order valence-electron chi connectivity index (χ2n) is 5.87. The van der Waals surface area contributed by atoms with Crippen molar-refractivity contribution in [2.45, 2.75) is 84.5 Å². The van der Waals surface area contributed by atoms with Crippen molar-refractivity contribution in [2.75, 3.05) is 10.7 Å². The molecule has 0 aromatic rings. The number of hydrogen-bond donors (Lipinski definition) is 0. The fourth-order valence-corrected chi connectivity index (χ4v) is 3.27. The second kappa shape index (κ2) is 13.0. The SMILES string of the molecule is CCC(C)(CCCCCCBr)CCCCCCBr. The summed E-state index contributed by atoms with van der Waals surface area (Å²) in [7, 11) is 0. The molecule has 2 heteroatoms. The van der Waals surface area contributed by atoms with E-state index in [1.165, 1.54) is 81.3 Å². The molecule has 0 rings (SSSR count). The molecule has 0 unspecified atom stereocenters. The predicted octanol–water partition coefficient (Wildman–Crippen LogP) is 7.09. The van der Waals surface area contributed by atoms with Crippen molar-refractivity contribution >= 4 is 31.9 Å². The molecular weight excluding hydrogens is 352 g/mol. The molecule has 0 aromatic carbocycles. The van der Waals surface area contributed by atoms with E-state index in [2.05, 4.69) is 45.7 Å². The first-order valence-electron chi connectivity index (χ1n) is 7.80. The van der Waals surface area contributed by atoms with E-state index in [0.717, 1.165) is 0 Å². The third kappa shape index (κ3) is 10.8. The maximum Gasteiger partial charge on any atom is 0.00313 e. The fraction of sp³-hybridized carbons (Fsp3) is 1.00. The first kappa shape index (κ1) is 19.0. The van der Waals surface area contributed by atoms with Crippen LogP contribution in [0.4, 0.5) is 0 Å². The van der Waals surface area contributed by atoms with E-state index in [1.54, 1.807) is 0 Å². The average molecular weight is 384 g/mol. The molecule has 0 bridgehead atoms. The normalized spacial score (nSPS) is 12.0. The maximum atomic E-state index is 3.51. The Labute approximate surface area is 132 Å². The van der Waals surface area contributed by atoms with Gasteiger partial charge in [0.2, 0.25) is 0 Å². The first-order chi connectivity index (χ1) is 8.68. The molecule has 0 nitrogen and oxygen atoms in total. The molecule has 0 N–H and O–H groups in total. The van der Waals surface area contributed by atoms with E-state index in [1.807, 2.05) is 0 Å². The topological polar surface area (TPSA) is 0 Å². The lowest BCUT2D eigenvalue weighted by atomic mass is 9.77. The summed E-state index contributed by atoms with van der Waals surface area (Å²) < 4.78 is 0. The maximum absolute atomic E-state index is 3.51. The van der Waals surface area contributed by atoms with Crippen LogP contribution in [-0.2, 0) is 0 Å². The Hall–Kier alpha value is 0.960. The molecule has 0 saturated heterocycles. The Morgan fingerprint density at radius 3 is 1.39 bits per heavy atom. The lowest BCUT2D eigenvalue weighted by molar-refractivity contribution is 0.241. The van der Waals surface area contributed by atoms with E-state index in [4.69, 9.17) is 0 Å². The summed E-state index contributed by atoms with van der Waals surface area (Å²) in [5.41, 5.74) is 0.614. The van der Waals surface area contributed by atoms with Gasteiger partial charge in [-0.3, -0.25) is 0 Å². The Bertz CT molecular complexity index is 154. The Morgan fingerprint density at radius 1 is 0.667 bits per heavy atom. The minimum atomic E-state index is 0.614. The summed E-state index contributed by atoms with van der Waals surface area (Å²) in [6, 6.07) is 0. The van der Waals surface area contributed by atoms with Gasteiger partial charge in [0, 0.05) is 10.7 Å². The van der Waals surface area contributed by atoms with E-state index >= 15 is 0 Å². The van der Waals surface area contributed by atoms with Gasteiger partial charge in [-0.15, -0.1) is 0 Å². The van der Waals surface area contributed by atoms with E-state index in [-0.39, 0.29) is 0 Å². The molecule has 0 amide bonds. The van der Waals surface area contributed by atoms with Crippen LogP contribution >= 0.6 is 31.9 Å². The first-order valence-corrected chi connectivity index (χ1v) is 10.0. The van der Waals surface area contributed by atoms with Crippen LogP contribution in [0.25, 0.3) is 0 Å². The summed E-state index contributed by atoms with van der Waals surface area (Å²) in [5, 5.41) is 2.34. The van der Waals surface area contributed by atoms with Gasteiger partial charge >= 0.3 is 0 Å². The Morgan fingerprint density at radius 2 is 1.06 bits per heavy atom. The largest absolute Gasteiger partial charge is 0.0928 e. The molecule has 0 aliphatic carbocycles. The predicted molar refractivity (Wildman–Crippen MR) is 92.2 cm³/mol. The van der Waals surface area contributed by atoms with E-state index < -0.39 is 0 Å². The van der Waals surface area contributed by atoms with Crippen molar-refractivity contribution in [3.63, 3.8) is 0 Å². The molecule has 0 heterocycles. The van der Waals surface area contributed by atoms with Crippen LogP contribution in [0.1, 0.15) is 84.5 Å². The van der Waals surface area contributed by atoms with Gasteiger partial charge < -0.3 is 0 Å². The standard InChI is InChI=1S/C16H32Br2/c1-3-16(2,12-8-4-6-10-14-17)13-9-5-7-11-15-18/h3-15H2,1-2H3. The minimum Gasteiger partial charge on any atom is -0.0928 e. The van der Waals surface area contributed by atoms with Crippen LogP contribution in [0.15, 0.2) is 0 Å². The van der Waals surface area contributed by atoms with Crippen LogP contribution < -0.4 is 0 Å². The summed E-state index contributed by atoms with van der Waals surface area (Å²) in [4.78, 5) is 0. The van der Waals surface area contributed by atoms with Crippen LogP contribution in [0.5, 0.6) is 0 Å². The highest BCUT2D eigenvalue weighted by Crippen LogP contribution is 2.34. The molecule has 18 heavy (non-hydrogen) atoms. The van der Waals surface area contributed by atoms with Crippen molar-refractivity contribution in [1.82, 2.24) is 0 Å². The zero-order valence-electron chi connectivity index (χ0n) is 12.4. The van der Waals surface area contributed by atoms with Crippen LogP contribution in [0.3, 0.4) is 0 Å². The quantitative estimate of drug-likeness (QED) is 0.235. The molecular formula is C16H32Br2. The summed E-state index contributed by atoms with van der Waals surface area (Å²) in [6.45, 7) is 4.87. The van der Waals surface area contributed by atoms with E-state index in [0.29, 0.717) is 5.41 Å². The Balaban J connectivity index is 3.60. The Kier molecular flexibility index (Phi) is 13.7. The minimum absolute atomic E-state index is 0.614. The van der Waals surface area contributed by atoms with Gasteiger partial charge in [-0.05, 0) is 31.1 Å². The number of halogens is 2. The molecule has 0 spiro atoms. The van der Waals surface area contributed by atoms with Crippen LogP contribution in [0.2, 0.25) is 0 Å². The summed E-state index contributed by atoms with van der Waals surface area (Å²) >= 11 is 7.01. The summed E-state index contributed by atoms with van der Waals surface area (Å²) in [5.74, 6) is 0. The number of rotatable bonds is 13. The van der Waals surface area contributed by atoms with Crippen molar-refractivity contribution in [2.24, 2.45) is 5.41 Å². The highest BCUT2D eigenvalue weighted by Gasteiger charge is 2.20. The molecule has 0 aliphatic heterocycles. The fourth-order valence-electron chi connectivity index (χ4n) is 2.48. The molecule has 0 radical (unpaired) electrons. The summed E-state index contributed by atoms with van der Waals surface area (Å²) in [6.07, 6.45) is 15.4. The monoisotopic (exact) mass is 382 g/mol. The van der Waals surface area contributed by atoms with E-state index in [9.17, 15) is 0 Å². The van der Waals surface area contributed by atoms with Crippen molar-refractivity contribution < 1.29 is 0 Å². The zero-order valence-corrected chi connectivity index (χ0v) is 15.6. The molecule has 0 saturated carbocycles. The molecule has 0 aliphatic rings. The third-order valence-electron chi connectivity index (χ3n) is 4.18. The third-order valence-corrected chi connectivity index (χ3v) is 5.30. The van der Waals surface area contributed by atoms with Crippen molar-refractivity contribution in [1.29, 1.82) is 0 Å². The molecule has 110 valence electrons. The van der Waals surface area contributed by atoms with Gasteiger partial charge in [-0.1, -0.05) is 90.7 Å². The van der Waals surface area contributed by atoms with Gasteiger partial charge in [0.05, 0.1) is 0 Å². The highest BCUT2D eigenvalue weighted by molar-refractivity contribution is 9.09. The number of alkyl halides is 2. The van der Waals surface area contributed by atoms with Gasteiger partial charge in [-0.2, -0.15) is 0 Å². The van der Waals surface area contributed by atoms with Crippen molar-refractivity contribution in [3.8, 4) is 0 Å². The van der Waals surface area contributed by atoms with Gasteiger partial charge in [0.25, 0.3) is 0 Å². The molecule has 0 atom stereocenters. The smallest absolute Gasteiger partial charge is 0.00313 e. The number of hydrogen-bond acceptors (Lipinski definition) is 0. The van der Waals surface area contributed by atoms with Crippen LogP contribution in [-0.4, -0.2) is 10.7 Å². The van der Waals surface area contributed by atoms with Gasteiger partial charge in [0.1, 0.15) is 0 Å². The molecule has 0 aromatic heterocycles. The van der Waals surface area contributed by atoms with Gasteiger partial charge in [0.15, 0.2) is 0 Å². The van der Waals surface area contributed by atoms with Crippen LogP contribution in [0, 0.1) is 5.41 Å². The molecule has 0 fully saturated rings. The van der Waals surface area contributed by atoms with Gasteiger partial charge in [-0.25, -0.2) is 0 Å². The number of unbranched alkanes of at least 4 members (excludes halogenated alkanes) is 6. The van der Waals surface area contributed by atoms with Crippen molar-refractivity contribution in [3.05, 3.63) is 0 Å². The lowest BCUT2D eigenvalue weighted by Crippen LogP contribution is -2.15. The highest BCUT2D eigenvalue weighted by atomic mass is 79.9. The average Bonchev–Trinajstić information content (AvgIpc) is 2.38. The second-order valence-corrected chi connectivity index (χ2v) is 7.46. The lowest BCUT2D eigenvalue weighted by Gasteiger charge is -2.28. The zero-order chi connectivity index (χ0) is 13.7.